The van der Waals surface area contributed by atoms with Gasteiger partial charge in [-0.25, -0.2) is 0 Å². The molecule has 2 aromatic rings. The van der Waals surface area contributed by atoms with Crippen LogP contribution in [0.1, 0.15) is 20.7 Å². The third kappa shape index (κ3) is 3.51. The fraction of sp³-hybridized carbons (Fsp3) is 0.111. The molecule has 0 aromatic heterocycles. The number of esters is 1. The van der Waals surface area contributed by atoms with Crippen molar-refractivity contribution in [1.82, 2.24) is 0 Å². The van der Waals surface area contributed by atoms with Crippen molar-refractivity contribution in [2.45, 2.75) is 0 Å². The SMILES string of the molecule is O=C(CN1C(=O)C(=O)c2cc(Br)ccc21)OCC(=O)c1ccccc1. The molecule has 0 radical (unpaired) electrons. The molecule has 0 atom stereocenters. The lowest BCUT2D eigenvalue weighted by Gasteiger charge is -2.15. The van der Waals surface area contributed by atoms with Gasteiger partial charge in [-0.2, -0.15) is 0 Å². The molecule has 25 heavy (non-hydrogen) atoms. The van der Waals surface area contributed by atoms with Gasteiger partial charge in [0.15, 0.2) is 12.4 Å². The van der Waals surface area contributed by atoms with Crippen molar-refractivity contribution in [2.75, 3.05) is 18.1 Å². The summed E-state index contributed by atoms with van der Waals surface area (Å²) in [5, 5.41) is 0. The number of Topliss-reactive ketones (excluding diaryl/α,β-unsaturated/α-hetero) is 2. The average molecular weight is 402 g/mol. The van der Waals surface area contributed by atoms with E-state index in [-0.39, 0.29) is 11.3 Å². The number of amides is 1. The van der Waals surface area contributed by atoms with Gasteiger partial charge in [0.1, 0.15) is 6.54 Å². The van der Waals surface area contributed by atoms with Crippen molar-refractivity contribution >= 4 is 45.1 Å². The Bertz CT molecular complexity index is 878. The van der Waals surface area contributed by atoms with Crippen LogP contribution in [-0.4, -0.2) is 36.6 Å². The van der Waals surface area contributed by atoms with Gasteiger partial charge in [0.25, 0.3) is 11.7 Å². The van der Waals surface area contributed by atoms with E-state index in [2.05, 4.69) is 15.9 Å². The number of carbonyl (C=O) groups excluding carboxylic acids is 4. The van der Waals surface area contributed by atoms with Crippen molar-refractivity contribution < 1.29 is 23.9 Å². The maximum Gasteiger partial charge on any atom is 0.326 e. The van der Waals surface area contributed by atoms with Crippen LogP contribution in [0.2, 0.25) is 0 Å². The van der Waals surface area contributed by atoms with Gasteiger partial charge in [-0.1, -0.05) is 46.3 Å². The zero-order valence-corrected chi connectivity index (χ0v) is 14.5. The molecule has 3 rings (SSSR count). The highest BCUT2D eigenvalue weighted by Crippen LogP contribution is 2.31. The van der Waals surface area contributed by atoms with Crippen molar-refractivity contribution in [2.24, 2.45) is 0 Å². The second-order valence-electron chi connectivity index (χ2n) is 5.33. The van der Waals surface area contributed by atoms with Crippen LogP contribution < -0.4 is 4.90 Å². The molecule has 0 N–H and O–H groups in total. The molecule has 1 aliphatic heterocycles. The fourth-order valence-corrected chi connectivity index (χ4v) is 2.82. The number of nitrogens with zero attached hydrogens (tertiary/aromatic N) is 1. The van der Waals surface area contributed by atoms with Crippen LogP contribution in [0.25, 0.3) is 0 Å². The van der Waals surface area contributed by atoms with E-state index in [0.717, 1.165) is 4.90 Å². The Morgan fingerprint density at radius 3 is 2.48 bits per heavy atom. The lowest BCUT2D eigenvalue weighted by Crippen LogP contribution is -2.36. The second-order valence-corrected chi connectivity index (χ2v) is 6.25. The summed E-state index contributed by atoms with van der Waals surface area (Å²) in [5.74, 6) is -2.58. The van der Waals surface area contributed by atoms with E-state index in [0.29, 0.717) is 15.7 Å². The lowest BCUT2D eigenvalue weighted by atomic mass is 10.1. The predicted octanol–water partition coefficient (Wildman–Crippen LogP) is 2.40. The Labute approximate surface area is 151 Å². The number of benzene rings is 2. The third-order valence-electron chi connectivity index (χ3n) is 3.68. The summed E-state index contributed by atoms with van der Waals surface area (Å²) in [6.45, 7) is -0.854. The number of ether oxygens (including phenoxy) is 1. The first kappa shape index (κ1) is 17.0. The quantitative estimate of drug-likeness (QED) is 0.436. The van der Waals surface area contributed by atoms with Gasteiger partial charge in [-0.15, -0.1) is 0 Å². The van der Waals surface area contributed by atoms with E-state index in [1.807, 2.05) is 0 Å². The van der Waals surface area contributed by atoms with E-state index in [4.69, 9.17) is 4.74 Å². The van der Waals surface area contributed by atoms with Crippen molar-refractivity contribution in [1.29, 1.82) is 0 Å². The minimum Gasteiger partial charge on any atom is -0.456 e. The second kappa shape index (κ2) is 6.98. The Kier molecular flexibility index (Phi) is 4.76. The highest BCUT2D eigenvalue weighted by Gasteiger charge is 2.37. The molecule has 6 nitrogen and oxygen atoms in total. The summed E-state index contributed by atoms with van der Waals surface area (Å²) in [6.07, 6.45) is 0. The number of anilines is 1. The molecule has 1 aliphatic rings. The zero-order chi connectivity index (χ0) is 18.0. The number of hydrogen-bond acceptors (Lipinski definition) is 5. The molecule has 0 aliphatic carbocycles. The highest BCUT2D eigenvalue weighted by molar-refractivity contribution is 9.10. The first-order valence-corrected chi connectivity index (χ1v) is 8.16. The van der Waals surface area contributed by atoms with Gasteiger partial charge < -0.3 is 4.74 Å². The molecule has 0 fully saturated rings. The molecule has 126 valence electrons. The third-order valence-corrected chi connectivity index (χ3v) is 4.17. The normalized spacial score (nSPS) is 12.9. The Hall–Kier alpha value is -2.80. The molecule has 0 unspecified atom stereocenters. The van der Waals surface area contributed by atoms with Crippen LogP contribution in [0.15, 0.2) is 53.0 Å². The highest BCUT2D eigenvalue weighted by atomic mass is 79.9. The van der Waals surface area contributed by atoms with Crippen molar-refractivity contribution in [3.05, 3.63) is 64.1 Å². The van der Waals surface area contributed by atoms with Gasteiger partial charge in [0.05, 0.1) is 11.3 Å². The fourth-order valence-electron chi connectivity index (χ4n) is 2.46. The van der Waals surface area contributed by atoms with E-state index >= 15 is 0 Å². The van der Waals surface area contributed by atoms with E-state index in [1.54, 1.807) is 42.5 Å². The number of carbonyl (C=O) groups is 4. The minimum atomic E-state index is -0.792. The van der Waals surface area contributed by atoms with Gasteiger partial charge in [-0.3, -0.25) is 24.1 Å². The van der Waals surface area contributed by atoms with Gasteiger partial charge in [0, 0.05) is 10.0 Å². The summed E-state index contributed by atoms with van der Waals surface area (Å²) < 4.78 is 5.60. The van der Waals surface area contributed by atoms with Crippen LogP contribution in [0.4, 0.5) is 5.69 Å². The van der Waals surface area contributed by atoms with Gasteiger partial charge >= 0.3 is 5.97 Å². The molecule has 1 heterocycles. The standard InChI is InChI=1S/C18H12BrNO5/c19-12-6-7-14-13(8-12)17(23)18(24)20(14)9-16(22)25-10-15(21)11-4-2-1-3-5-11/h1-8H,9-10H2. The van der Waals surface area contributed by atoms with Crippen LogP contribution in [0.3, 0.4) is 0 Å². The molecular formula is C18H12BrNO5. The number of rotatable bonds is 5. The number of hydrogen-bond donors (Lipinski definition) is 0. The molecule has 0 bridgehead atoms. The molecule has 0 spiro atoms. The van der Waals surface area contributed by atoms with Crippen LogP contribution in [0.5, 0.6) is 0 Å². The maximum atomic E-state index is 12.1. The van der Waals surface area contributed by atoms with Crippen LogP contribution in [-0.2, 0) is 14.3 Å². The maximum absolute atomic E-state index is 12.1. The van der Waals surface area contributed by atoms with E-state index < -0.39 is 30.8 Å². The minimum absolute atomic E-state index is 0.229. The Balaban J connectivity index is 1.65. The molecule has 7 heteroatoms. The first-order valence-electron chi connectivity index (χ1n) is 7.37. The van der Waals surface area contributed by atoms with Gasteiger partial charge in [-0.05, 0) is 18.2 Å². The smallest absolute Gasteiger partial charge is 0.326 e. The molecule has 1 amide bonds. The Morgan fingerprint density at radius 2 is 1.76 bits per heavy atom. The molecule has 0 saturated carbocycles. The predicted molar refractivity (Wildman–Crippen MR) is 92.6 cm³/mol. The monoisotopic (exact) mass is 401 g/mol. The summed E-state index contributed by atoms with van der Waals surface area (Å²) in [5.41, 5.74) is 1.01. The summed E-state index contributed by atoms with van der Waals surface area (Å²) >= 11 is 3.23. The lowest BCUT2D eigenvalue weighted by molar-refractivity contribution is -0.141. The average Bonchev–Trinajstić information content (AvgIpc) is 2.85. The van der Waals surface area contributed by atoms with E-state index in [1.165, 1.54) is 6.07 Å². The molecule has 0 saturated heterocycles. The number of ketones is 2. The van der Waals surface area contributed by atoms with Crippen LogP contribution in [0, 0.1) is 0 Å². The first-order chi connectivity index (χ1) is 12.0. The topological polar surface area (TPSA) is 80.8 Å². The van der Waals surface area contributed by atoms with E-state index in [9.17, 15) is 19.2 Å². The molecular weight excluding hydrogens is 390 g/mol. The largest absolute Gasteiger partial charge is 0.456 e. The van der Waals surface area contributed by atoms with Crippen LogP contribution >= 0.6 is 15.9 Å². The summed E-state index contributed by atoms with van der Waals surface area (Å²) in [6, 6.07) is 13.2. The number of halogens is 1. The summed E-state index contributed by atoms with van der Waals surface area (Å²) in [4.78, 5) is 49.0. The zero-order valence-electron chi connectivity index (χ0n) is 12.9. The molecule has 2 aromatic carbocycles. The Morgan fingerprint density at radius 1 is 1.04 bits per heavy atom. The van der Waals surface area contributed by atoms with Crippen molar-refractivity contribution in [3.8, 4) is 0 Å². The van der Waals surface area contributed by atoms with Crippen molar-refractivity contribution in [3.63, 3.8) is 0 Å². The summed E-state index contributed by atoms with van der Waals surface area (Å²) in [7, 11) is 0. The van der Waals surface area contributed by atoms with Gasteiger partial charge in [0.2, 0.25) is 0 Å². The number of fused-ring (bicyclic) bond motifs is 1.